The molecular formula is C72H44O8P4Zr+4. The van der Waals surface area contributed by atoms with Crippen LogP contribution in [0.4, 0.5) is 0 Å². The molecule has 0 aliphatic carbocycles. The molecule has 0 aliphatic rings. The minimum Gasteiger partial charge on any atom is -0.591 e. The molecule has 4 atom stereocenters. The SMILES string of the molecule is O=[P+]([O-])c1cccc2ccc3cc4ccccc4cc3c12.O=[P+]([O-])c1cccc2ccc3cc4ccccc4cc3c12.O=[P+]([O-])c1cccc2ccc3cc4ccccc4cc3c12.O=[P+]([O-])c1cccc2ccc3cc4ccccc4cc3c12.[Zr+4]. The second-order valence-corrected chi connectivity index (χ2v) is 24.5. The molecule has 16 rings (SSSR count). The van der Waals surface area contributed by atoms with E-state index < -0.39 is 32.1 Å². The van der Waals surface area contributed by atoms with Crippen LogP contribution in [0.3, 0.4) is 0 Å². The van der Waals surface area contributed by atoms with Gasteiger partial charge in [0.15, 0.2) is 21.2 Å². The molecule has 400 valence electrons. The largest absolute Gasteiger partial charge is 4.00 e. The zero-order chi connectivity index (χ0) is 57.6. The zero-order valence-electron chi connectivity index (χ0n) is 45.0. The third-order valence-corrected chi connectivity index (χ3v) is 18.7. The summed E-state index contributed by atoms with van der Waals surface area (Å²) < 4.78 is 46.2. The summed E-state index contributed by atoms with van der Waals surface area (Å²) in [5.41, 5.74) is 0. The Balaban J connectivity index is 0.000000111. The van der Waals surface area contributed by atoms with Crippen LogP contribution in [-0.2, 0) is 44.5 Å². The van der Waals surface area contributed by atoms with E-state index in [1.165, 1.54) is 0 Å². The van der Waals surface area contributed by atoms with Gasteiger partial charge in [-0.1, -0.05) is 212 Å². The molecule has 0 radical (unpaired) electrons. The summed E-state index contributed by atoms with van der Waals surface area (Å²) in [6.45, 7) is 0. The summed E-state index contributed by atoms with van der Waals surface area (Å²) in [5.74, 6) is 0. The third-order valence-electron chi connectivity index (χ3n) is 15.6. The van der Waals surface area contributed by atoms with Crippen LogP contribution in [0.25, 0.3) is 129 Å². The summed E-state index contributed by atoms with van der Waals surface area (Å²) in [5, 5.41) is 26.0. The fourth-order valence-corrected chi connectivity index (χ4v) is 14.3. The van der Waals surface area contributed by atoms with Crippen molar-refractivity contribution in [2.75, 3.05) is 0 Å². The van der Waals surface area contributed by atoms with E-state index in [-0.39, 0.29) is 26.2 Å². The van der Waals surface area contributed by atoms with E-state index >= 15 is 0 Å². The predicted octanol–water partition coefficient (Wildman–Crippen LogP) is 15.5. The first kappa shape index (κ1) is 57.2. The Hall–Kier alpha value is -8.24. The van der Waals surface area contributed by atoms with Crippen LogP contribution >= 0.6 is 32.1 Å². The Morgan fingerprint density at radius 1 is 0.188 bits per heavy atom. The summed E-state index contributed by atoms with van der Waals surface area (Å²) in [6, 6.07) is 87.0. The van der Waals surface area contributed by atoms with Gasteiger partial charge >= 0.3 is 58.3 Å². The van der Waals surface area contributed by atoms with Crippen molar-refractivity contribution in [3.8, 4) is 0 Å². The molecule has 0 heterocycles. The molecule has 13 heteroatoms. The number of hydrogen-bond donors (Lipinski definition) is 0. The van der Waals surface area contributed by atoms with E-state index in [9.17, 15) is 37.8 Å². The Kier molecular flexibility index (Phi) is 16.4. The molecule has 4 unspecified atom stereocenters. The number of hydrogen-bond acceptors (Lipinski definition) is 8. The molecule has 85 heavy (non-hydrogen) atoms. The van der Waals surface area contributed by atoms with E-state index in [1.54, 1.807) is 48.5 Å². The Morgan fingerprint density at radius 2 is 0.353 bits per heavy atom. The monoisotopic (exact) mass is 1250 g/mol. The van der Waals surface area contributed by atoms with Gasteiger partial charge in [-0.3, -0.25) is 0 Å². The van der Waals surface area contributed by atoms with E-state index in [2.05, 4.69) is 72.8 Å². The first-order chi connectivity index (χ1) is 40.9. The minimum atomic E-state index is -2.61. The third kappa shape index (κ3) is 11.2. The van der Waals surface area contributed by atoms with Crippen molar-refractivity contribution in [2.24, 2.45) is 0 Å². The standard InChI is InChI=1S/4C18H11O2P.Zr/c4*19-21(20)17-7-3-6-12-8-9-15-10-13-4-1-2-5-14(13)11-16(15)18(12)17;/h4*1-11H;/q;;;;+4. The van der Waals surface area contributed by atoms with Crippen LogP contribution < -0.4 is 40.8 Å². The van der Waals surface area contributed by atoms with Crippen LogP contribution in [0.2, 0.25) is 0 Å². The first-order valence-corrected chi connectivity index (χ1v) is 31.6. The van der Waals surface area contributed by atoms with Crippen molar-refractivity contribution < 1.29 is 64.0 Å². The normalized spacial score (nSPS) is 12.0. The molecule has 0 fully saturated rings. The van der Waals surface area contributed by atoms with Crippen LogP contribution in [-0.4, -0.2) is 0 Å². The van der Waals surface area contributed by atoms with Crippen molar-refractivity contribution in [3.63, 3.8) is 0 Å². The van der Waals surface area contributed by atoms with Gasteiger partial charge in [-0.25, -0.2) is 0 Å². The van der Waals surface area contributed by atoms with Gasteiger partial charge in [0.2, 0.25) is 0 Å². The molecule has 0 amide bonds. The van der Waals surface area contributed by atoms with Crippen molar-refractivity contribution in [1.29, 1.82) is 0 Å². The maximum atomic E-state index is 11.6. The maximum Gasteiger partial charge on any atom is 4.00 e. The minimum absolute atomic E-state index is 0. The summed E-state index contributed by atoms with van der Waals surface area (Å²) in [6.07, 6.45) is 0. The Bertz CT molecular complexity index is 4770. The Labute approximate surface area is 509 Å². The number of fused-ring (bicyclic) bond motifs is 16. The van der Waals surface area contributed by atoms with Crippen molar-refractivity contribution in [3.05, 3.63) is 267 Å². The molecule has 8 nitrogen and oxygen atoms in total. The Morgan fingerprint density at radius 3 is 0.541 bits per heavy atom. The predicted molar refractivity (Wildman–Crippen MR) is 345 cm³/mol. The number of benzene rings is 16. The fourth-order valence-electron chi connectivity index (χ4n) is 11.7. The topological polar surface area (TPSA) is 161 Å². The fraction of sp³-hybridized carbons (Fsp3) is 0. The molecule has 0 aliphatic heterocycles. The van der Waals surface area contributed by atoms with Gasteiger partial charge in [0, 0.05) is 21.5 Å². The van der Waals surface area contributed by atoms with Gasteiger partial charge in [-0.05, 0) is 181 Å². The van der Waals surface area contributed by atoms with Crippen LogP contribution in [0.1, 0.15) is 0 Å². The average molecular weight is 1250 g/mol. The van der Waals surface area contributed by atoms with Gasteiger partial charge in [0.1, 0.15) is 0 Å². The van der Waals surface area contributed by atoms with Gasteiger partial charge in [0.25, 0.3) is 0 Å². The quantitative estimate of drug-likeness (QED) is 0.0956. The van der Waals surface area contributed by atoms with Gasteiger partial charge in [-0.15, -0.1) is 0 Å². The number of rotatable bonds is 4. The molecule has 0 bridgehead atoms. The molecular weight excluding hydrogens is 1210 g/mol. The maximum absolute atomic E-state index is 11.6. The van der Waals surface area contributed by atoms with Crippen molar-refractivity contribution in [2.45, 2.75) is 0 Å². The molecule has 0 aromatic heterocycles. The second-order valence-electron chi connectivity index (χ2n) is 20.5. The van der Waals surface area contributed by atoms with Crippen LogP contribution in [0.15, 0.2) is 267 Å². The molecule has 16 aromatic rings. The molecule has 0 saturated heterocycles. The smallest absolute Gasteiger partial charge is 0.591 e. The van der Waals surface area contributed by atoms with E-state index in [0.717, 1.165) is 129 Å². The van der Waals surface area contributed by atoms with Crippen molar-refractivity contribution in [1.82, 2.24) is 0 Å². The van der Waals surface area contributed by atoms with E-state index in [1.807, 2.05) is 146 Å². The van der Waals surface area contributed by atoms with Gasteiger partial charge in [0.05, 0.1) is 0 Å². The van der Waals surface area contributed by atoms with E-state index in [0.29, 0.717) is 21.2 Å². The molecule has 0 N–H and O–H groups in total. The van der Waals surface area contributed by atoms with Crippen LogP contribution in [0.5, 0.6) is 0 Å². The average Bonchev–Trinajstić information content (AvgIpc) is 1.84. The summed E-state index contributed by atoms with van der Waals surface area (Å²) in [4.78, 5) is 46.2. The summed E-state index contributed by atoms with van der Waals surface area (Å²) in [7, 11) is -10.4. The van der Waals surface area contributed by atoms with Gasteiger partial charge in [-0.2, -0.15) is 0 Å². The van der Waals surface area contributed by atoms with E-state index in [4.69, 9.17) is 0 Å². The van der Waals surface area contributed by atoms with Crippen LogP contribution in [0, 0.1) is 0 Å². The zero-order valence-corrected chi connectivity index (χ0v) is 51.0. The molecule has 0 saturated carbocycles. The van der Waals surface area contributed by atoms with Gasteiger partial charge < -0.3 is 19.6 Å². The molecule has 16 aromatic carbocycles. The molecule has 0 spiro atoms. The summed E-state index contributed by atoms with van der Waals surface area (Å²) >= 11 is 0. The second kappa shape index (κ2) is 24.4. The first-order valence-electron chi connectivity index (χ1n) is 26.9. The van der Waals surface area contributed by atoms with Crippen molar-refractivity contribution >= 4 is 183 Å².